The SMILES string of the molecule is CCCc1c(OCCCn2ccc3cc(C(=O)OCC)c(OC)cc32)ccc2c(C(F)(F)F)noc12. The maximum absolute atomic E-state index is 13.2. The summed E-state index contributed by atoms with van der Waals surface area (Å²) in [7, 11) is 1.50. The highest BCUT2D eigenvalue weighted by Gasteiger charge is 2.37. The van der Waals surface area contributed by atoms with Crippen molar-refractivity contribution in [3.8, 4) is 11.5 Å². The van der Waals surface area contributed by atoms with Gasteiger partial charge in [0.2, 0.25) is 0 Å². The van der Waals surface area contributed by atoms with Gasteiger partial charge in [0.05, 0.1) is 31.2 Å². The molecular formula is C26H27F3N2O5. The van der Waals surface area contributed by atoms with Gasteiger partial charge in [-0.25, -0.2) is 4.79 Å². The lowest BCUT2D eigenvalue weighted by Crippen LogP contribution is -2.08. The predicted molar refractivity (Wildman–Crippen MR) is 128 cm³/mol. The van der Waals surface area contributed by atoms with Crippen molar-refractivity contribution < 1.29 is 36.7 Å². The summed E-state index contributed by atoms with van der Waals surface area (Å²) in [5.41, 5.74) is 0.938. The zero-order chi connectivity index (χ0) is 25.9. The third-order valence-corrected chi connectivity index (χ3v) is 5.86. The Labute approximate surface area is 205 Å². The quantitative estimate of drug-likeness (QED) is 0.184. The van der Waals surface area contributed by atoms with Gasteiger partial charge >= 0.3 is 12.1 Å². The number of fused-ring (bicyclic) bond motifs is 2. The summed E-state index contributed by atoms with van der Waals surface area (Å²) >= 11 is 0. The second kappa shape index (κ2) is 10.5. The molecule has 0 aliphatic rings. The van der Waals surface area contributed by atoms with Crippen molar-refractivity contribution in [3.05, 3.63) is 53.3 Å². The second-order valence-electron chi connectivity index (χ2n) is 8.24. The first-order chi connectivity index (χ1) is 17.3. The fourth-order valence-corrected chi connectivity index (χ4v) is 4.24. The molecule has 0 aliphatic carbocycles. The predicted octanol–water partition coefficient (Wildman–Crippen LogP) is 6.41. The van der Waals surface area contributed by atoms with Crippen molar-refractivity contribution in [2.75, 3.05) is 20.3 Å². The smallest absolute Gasteiger partial charge is 0.437 e. The Bertz CT molecular complexity index is 1370. The zero-order valence-corrected chi connectivity index (χ0v) is 20.3. The highest BCUT2D eigenvalue weighted by molar-refractivity contribution is 5.98. The summed E-state index contributed by atoms with van der Waals surface area (Å²) < 4.78 is 63.2. The number of methoxy groups -OCH3 is 1. The van der Waals surface area contributed by atoms with Crippen LogP contribution < -0.4 is 9.47 Å². The number of ether oxygens (including phenoxy) is 3. The zero-order valence-electron chi connectivity index (χ0n) is 20.3. The van der Waals surface area contributed by atoms with E-state index >= 15 is 0 Å². The average Bonchev–Trinajstić information content (AvgIpc) is 3.46. The molecule has 2 heterocycles. The summed E-state index contributed by atoms with van der Waals surface area (Å²) in [6.07, 6.45) is -0.816. The van der Waals surface area contributed by atoms with Crippen LogP contribution in [0.15, 0.2) is 41.1 Å². The summed E-state index contributed by atoms with van der Waals surface area (Å²) in [6, 6.07) is 8.35. The molecule has 0 N–H and O–H groups in total. The van der Waals surface area contributed by atoms with Crippen LogP contribution in [0.4, 0.5) is 13.2 Å². The summed E-state index contributed by atoms with van der Waals surface area (Å²) in [4.78, 5) is 12.2. The maximum atomic E-state index is 13.2. The molecule has 0 atom stereocenters. The van der Waals surface area contributed by atoms with Crippen LogP contribution in [0.2, 0.25) is 0 Å². The minimum Gasteiger partial charge on any atom is -0.496 e. The van der Waals surface area contributed by atoms with Gasteiger partial charge < -0.3 is 23.3 Å². The lowest BCUT2D eigenvalue weighted by molar-refractivity contribution is -0.141. The fraction of sp³-hybridized carbons (Fsp3) is 0.385. The van der Waals surface area contributed by atoms with Crippen molar-refractivity contribution in [1.29, 1.82) is 0 Å². The van der Waals surface area contributed by atoms with Gasteiger partial charge in [-0.3, -0.25) is 0 Å². The number of carbonyl (C=O) groups is 1. The molecule has 2 aromatic carbocycles. The normalized spacial score (nSPS) is 11.8. The molecule has 36 heavy (non-hydrogen) atoms. The van der Waals surface area contributed by atoms with E-state index in [1.54, 1.807) is 25.1 Å². The van der Waals surface area contributed by atoms with E-state index in [-0.39, 0.29) is 17.6 Å². The van der Waals surface area contributed by atoms with E-state index in [1.165, 1.54) is 13.2 Å². The van der Waals surface area contributed by atoms with Crippen molar-refractivity contribution in [1.82, 2.24) is 9.72 Å². The molecule has 0 aliphatic heterocycles. The van der Waals surface area contributed by atoms with Gasteiger partial charge in [0.25, 0.3) is 0 Å². The number of aromatic nitrogens is 2. The minimum atomic E-state index is -4.59. The van der Waals surface area contributed by atoms with Gasteiger partial charge in [-0.1, -0.05) is 18.5 Å². The van der Waals surface area contributed by atoms with Crippen LogP contribution in [0.3, 0.4) is 0 Å². The molecule has 0 amide bonds. The van der Waals surface area contributed by atoms with E-state index in [0.717, 1.165) is 10.9 Å². The van der Waals surface area contributed by atoms with Crippen molar-refractivity contribution in [3.63, 3.8) is 0 Å². The summed E-state index contributed by atoms with van der Waals surface area (Å²) in [6.45, 7) is 4.92. The standard InChI is InChI=1S/C26H27F3N2O5/c1-4-7-17-21(9-8-18-23(17)36-30-24(18)26(27,28)29)35-13-6-11-31-12-10-16-14-19(25(32)34-5-2)22(33-3)15-20(16)31/h8-10,12,14-15H,4-7,11,13H2,1-3H3. The van der Waals surface area contributed by atoms with Gasteiger partial charge in [-0.15, -0.1) is 0 Å². The molecule has 10 heteroatoms. The molecule has 0 radical (unpaired) electrons. The van der Waals surface area contributed by atoms with E-state index in [1.807, 2.05) is 23.8 Å². The average molecular weight is 505 g/mol. The Morgan fingerprint density at radius 3 is 2.64 bits per heavy atom. The number of halogens is 3. The van der Waals surface area contributed by atoms with Crippen LogP contribution in [-0.4, -0.2) is 36.0 Å². The van der Waals surface area contributed by atoms with Gasteiger partial charge in [-0.2, -0.15) is 13.2 Å². The number of benzene rings is 2. The van der Waals surface area contributed by atoms with Crippen molar-refractivity contribution in [2.24, 2.45) is 0 Å². The van der Waals surface area contributed by atoms with E-state index in [4.69, 9.17) is 18.7 Å². The first-order valence-corrected chi connectivity index (χ1v) is 11.7. The number of aryl methyl sites for hydroxylation is 2. The Kier molecular flexibility index (Phi) is 7.42. The molecule has 0 spiro atoms. The maximum Gasteiger partial charge on any atom is 0.437 e. The fourth-order valence-electron chi connectivity index (χ4n) is 4.24. The number of nitrogens with zero attached hydrogens (tertiary/aromatic N) is 2. The summed E-state index contributed by atoms with van der Waals surface area (Å²) in [5, 5.41) is 4.07. The largest absolute Gasteiger partial charge is 0.496 e. The van der Waals surface area contributed by atoms with E-state index in [9.17, 15) is 18.0 Å². The molecule has 0 saturated carbocycles. The van der Waals surface area contributed by atoms with Gasteiger partial charge in [0.1, 0.15) is 17.1 Å². The van der Waals surface area contributed by atoms with E-state index in [2.05, 4.69) is 5.16 Å². The molecule has 7 nitrogen and oxygen atoms in total. The van der Waals surface area contributed by atoms with Gasteiger partial charge in [0.15, 0.2) is 11.3 Å². The number of rotatable bonds is 10. The topological polar surface area (TPSA) is 75.7 Å². The minimum absolute atomic E-state index is 0.0618. The van der Waals surface area contributed by atoms with Gasteiger partial charge in [-0.05, 0) is 44.0 Å². The first-order valence-electron chi connectivity index (χ1n) is 11.7. The molecule has 0 fully saturated rings. The number of alkyl halides is 3. The van der Waals surface area contributed by atoms with Crippen molar-refractivity contribution >= 4 is 27.8 Å². The van der Waals surface area contributed by atoms with E-state index < -0.39 is 17.8 Å². The Morgan fingerprint density at radius 1 is 1.14 bits per heavy atom. The Morgan fingerprint density at radius 2 is 1.94 bits per heavy atom. The van der Waals surface area contributed by atoms with Crippen LogP contribution in [0.25, 0.3) is 21.9 Å². The molecule has 0 bridgehead atoms. The Hall–Kier alpha value is -3.69. The van der Waals surface area contributed by atoms with E-state index in [0.29, 0.717) is 55.0 Å². The molecule has 192 valence electrons. The van der Waals surface area contributed by atoms with Crippen LogP contribution in [0.5, 0.6) is 11.5 Å². The number of hydrogen-bond acceptors (Lipinski definition) is 6. The van der Waals surface area contributed by atoms with Crippen LogP contribution in [0.1, 0.15) is 48.3 Å². The number of carbonyl (C=O) groups excluding carboxylic acids is 1. The molecule has 4 rings (SSSR count). The highest BCUT2D eigenvalue weighted by Crippen LogP contribution is 2.38. The molecule has 0 unspecified atom stereocenters. The van der Waals surface area contributed by atoms with Crippen LogP contribution in [-0.2, 0) is 23.9 Å². The lowest BCUT2D eigenvalue weighted by atomic mass is 10.0. The molecule has 4 aromatic rings. The second-order valence-corrected chi connectivity index (χ2v) is 8.24. The van der Waals surface area contributed by atoms with Gasteiger partial charge in [0, 0.05) is 29.8 Å². The third-order valence-electron chi connectivity index (χ3n) is 5.86. The number of hydrogen-bond donors (Lipinski definition) is 0. The van der Waals surface area contributed by atoms with Crippen LogP contribution in [0, 0.1) is 0 Å². The number of esters is 1. The Balaban J connectivity index is 1.48. The lowest BCUT2D eigenvalue weighted by Gasteiger charge is -2.13. The first kappa shape index (κ1) is 25.4. The third kappa shape index (κ3) is 4.98. The highest BCUT2D eigenvalue weighted by atomic mass is 19.4. The monoisotopic (exact) mass is 504 g/mol. The van der Waals surface area contributed by atoms with Crippen LogP contribution >= 0.6 is 0 Å². The molecule has 0 saturated heterocycles. The van der Waals surface area contributed by atoms with Crippen molar-refractivity contribution in [2.45, 2.75) is 45.8 Å². The summed E-state index contributed by atoms with van der Waals surface area (Å²) in [5.74, 6) is 0.485. The molecular weight excluding hydrogens is 477 g/mol. The molecule has 2 aromatic heterocycles.